The third-order valence-electron chi connectivity index (χ3n) is 1.93. The van der Waals surface area contributed by atoms with E-state index in [1.54, 1.807) is 0 Å². The zero-order chi connectivity index (χ0) is 13.4. The van der Waals surface area contributed by atoms with Gasteiger partial charge in [0.25, 0.3) is 0 Å². The molecule has 1 nitrogen and oxygen atoms in total. The smallest absolute Gasteiger partial charge is 1.00 e. The standard InChI is InChI=1S/C13H11.C4H10N.2CH3.2ClH.H4Si.Ti/c1-3-7-12(8-4-1)11-13-9-5-2-6-10-13;1-4(2,3)5;;;;;;/h1-11H;5H,1-3H3;2*1H3;2*1H;1H4;/q4*-1;;;;+2/p-2. The third kappa shape index (κ3) is 24.0. The molecule has 0 bridgehead atoms. The van der Waals surface area contributed by atoms with Crippen LogP contribution in [0.4, 0.5) is 0 Å². The van der Waals surface area contributed by atoms with Gasteiger partial charge < -0.3 is 45.4 Å². The molecule has 1 N–H and O–H groups in total. The molecule has 5 heteroatoms. The second-order valence-electron chi connectivity index (χ2n) is 5.22. The number of benzene rings is 2. The minimum Gasteiger partial charge on any atom is -1.00 e. The van der Waals surface area contributed by atoms with E-state index in [2.05, 4.69) is 55.0 Å². The van der Waals surface area contributed by atoms with E-state index in [1.807, 2.05) is 32.9 Å². The van der Waals surface area contributed by atoms with Crippen LogP contribution in [0.3, 0.4) is 0 Å². The summed E-state index contributed by atoms with van der Waals surface area (Å²) in [5.74, 6) is 0. The van der Waals surface area contributed by atoms with Crippen LogP contribution in [0.2, 0.25) is 0 Å². The third-order valence-corrected chi connectivity index (χ3v) is 1.93. The van der Waals surface area contributed by atoms with E-state index in [-0.39, 0.29) is 77.9 Å². The molecule has 0 atom stereocenters. The van der Waals surface area contributed by atoms with Gasteiger partial charge in [-0.3, -0.25) is 0 Å². The molecule has 0 aliphatic carbocycles. The summed E-state index contributed by atoms with van der Waals surface area (Å²) < 4.78 is 0. The molecular weight excluding hydrogens is 389 g/mol. The summed E-state index contributed by atoms with van der Waals surface area (Å²) in [6.07, 6.45) is 2.17. The molecule has 2 rings (SSSR count). The predicted molar refractivity (Wildman–Crippen MR) is 104 cm³/mol. The molecule has 0 radical (unpaired) electrons. The van der Waals surface area contributed by atoms with Crippen molar-refractivity contribution >= 4 is 11.0 Å². The van der Waals surface area contributed by atoms with E-state index in [9.17, 15) is 0 Å². The van der Waals surface area contributed by atoms with E-state index in [1.165, 1.54) is 11.1 Å². The number of hydrogen-bond donors (Lipinski definition) is 0. The zero-order valence-corrected chi connectivity index (χ0v) is 17.7. The summed E-state index contributed by atoms with van der Waals surface area (Å²) in [6.45, 7) is 5.56. The summed E-state index contributed by atoms with van der Waals surface area (Å²) in [5.41, 5.74) is 9.18. The first-order chi connectivity index (χ1) is 8.45. The Bertz CT molecular complexity index is 404. The van der Waals surface area contributed by atoms with Crippen molar-refractivity contribution in [2.45, 2.75) is 26.3 Å². The van der Waals surface area contributed by atoms with Crippen LogP contribution >= 0.6 is 0 Å². The first-order valence-corrected chi connectivity index (χ1v) is 6.15. The Kier molecular flexibility index (Phi) is 33.9. The molecule has 0 heterocycles. The average molecular weight is 420 g/mol. The first kappa shape index (κ1) is 39.0. The SMILES string of the molecule is CC(C)(C)[NH-].[CH3-].[CH3-].[Cl-].[Cl-].[SiH4].[Ti+2].c1ccc([CH-]c2ccccc2)cc1. The number of rotatable bonds is 2. The van der Waals surface area contributed by atoms with Crippen molar-refractivity contribution in [3.8, 4) is 0 Å². The molecule has 0 spiro atoms. The Morgan fingerprint density at radius 2 is 0.917 bits per heavy atom. The van der Waals surface area contributed by atoms with E-state index in [4.69, 9.17) is 5.73 Å². The molecule has 24 heavy (non-hydrogen) atoms. The maximum Gasteiger partial charge on any atom is 2.00 e. The maximum absolute atomic E-state index is 6.94. The Balaban J connectivity index is -0.0000000667. The predicted octanol–water partition coefficient (Wildman–Crippen LogP) is -1.42. The Morgan fingerprint density at radius 1 is 0.708 bits per heavy atom. The maximum atomic E-state index is 6.94. The van der Waals surface area contributed by atoms with Crippen LogP contribution in [0.1, 0.15) is 31.9 Å². The second-order valence-corrected chi connectivity index (χ2v) is 5.22. The van der Waals surface area contributed by atoms with Crippen molar-refractivity contribution < 1.29 is 46.5 Å². The molecule has 0 aromatic heterocycles. The zero-order valence-electron chi connectivity index (χ0n) is 14.6. The monoisotopic (exact) mass is 419 g/mol. The quantitative estimate of drug-likeness (QED) is 0.421. The van der Waals surface area contributed by atoms with Gasteiger partial charge in [0.2, 0.25) is 0 Å². The molecule has 0 amide bonds. The molecule has 2 aromatic carbocycles. The summed E-state index contributed by atoms with van der Waals surface area (Å²) in [5, 5.41) is 0. The van der Waals surface area contributed by atoms with Crippen molar-refractivity contribution in [1.82, 2.24) is 0 Å². The van der Waals surface area contributed by atoms with Crippen molar-refractivity contribution in [1.29, 1.82) is 0 Å². The van der Waals surface area contributed by atoms with Gasteiger partial charge in [-0.2, -0.15) is 0 Å². The van der Waals surface area contributed by atoms with Crippen LogP contribution in [0.15, 0.2) is 60.7 Å². The van der Waals surface area contributed by atoms with Gasteiger partial charge in [0, 0.05) is 0 Å². The van der Waals surface area contributed by atoms with Crippen molar-refractivity contribution in [3.05, 3.63) is 98.8 Å². The summed E-state index contributed by atoms with van der Waals surface area (Å²) >= 11 is 0. The molecule has 0 saturated heterocycles. The largest absolute Gasteiger partial charge is 2.00 e. The van der Waals surface area contributed by atoms with Crippen LogP contribution in [0.25, 0.3) is 5.73 Å². The topological polar surface area (TPSA) is 23.8 Å². The van der Waals surface area contributed by atoms with Crippen molar-refractivity contribution in [3.63, 3.8) is 0 Å². The number of halogens is 2. The minimum atomic E-state index is -0.250. The normalized spacial score (nSPS) is 7.67. The average Bonchev–Trinajstić information content (AvgIpc) is 2.29. The fourth-order valence-electron chi connectivity index (χ4n) is 1.29. The van der Waals surface area contributed by atoms with Crippen LogP contribution in [-0.4, -0.2) is 16.5 Å². The Morgan fingerprint density at radius 3 is 1.12 bits per heavy atom. The van der Waals surface area contributed by atoms with Gasteiger partial charge in [-0.05, 0) is 11.0 Å². The van der Waals surface area contributed by atoms with E-state index in [0.29, 0.717) is 0 Å². The Hall–Kier alpha value is -0.219. The van der Waals surface area contributed by atoms with Gasteiger partial charge in [-0.15, -0.1) is 47.4 Å². The molecule has 138 valence electrons. The molecule has 0 fully saturated rings. The van der Waals surface area contributed by atoms with Crippen LogP contribution < -0.4 is 24.8 Å². The van der Waals surface area contributed by atoms with Gasteiger partial charge in [0.1, 0.15) is 0 Å². The number of nitrogens with one attached hydrogen (secondary N) is 1. The summed E-state index contributed by atoms with van der Waals surface area (Å²) in [6, 6.07) is 20.7. The van der Waals surface area contributed by atoms with Gasteiger partial charge in [-0.1, -0.05) is 57.2 Å². The van der Waals surface area contributed by atoms with E-state index < -0.39 is 0 Å². The summed E-state index contributed by atoms with van der Waals surface area (Å²) in [4.78, 5) is 0. The van der Waals surface area contributed by atoms with Gasteiger partial charge >= 0.3 is 21.7 Å². The second kappa shape index (κ2) is 20.8. The fraction of sp³-hybridized carbons (Fsp3) is 0.211. The molecule has 0 unspecified atom stereocenters. The van der Waals surface area contributed by atoms with Crippen molar-refractivity contribution in [2.75, 3.05) is 0 Å². The van der Waals surface area contributed by atoms with Crippen LogP contribution in [0, 0.1) is 21.3 Å². The van der Waals surface area contributed by atoms with E-state index >= 15 is 0 Å². The van der Waals surface area contributed by atoms with Crippen LogP contribution in [0.5, 0.6) is 0 Å². The fourth-order valence-corrected chi connectivity index (χ4v) is 1.29. The van der Waals surface area contributed by atoms with Crippen LogP contribution in [-0.2, 0) is 21.7 Å². The molecule has 2 aromatic rings. The van der Waals surface area contributed by atoms with Gasteiger partial charge in [0.15, 0.2) is 0 Å². The minimum absolute atomic E-state index is 0. The molecule has 0 saturated carbocycles. The van der Waals surface area contributed by atoms with Crippen molar-refractivity contribution in [2.24, 2.45) is 0 Å². The van der Waals surface area contributed by atoms with Gasteiger partial charge in [0.05, 0.1) is 0 Å². The first-order valence-electron chi connectivity index (χ1n) is 6.15. The van der Waals surface area contributed by atoms with Gasteiger partial charge in [-0.25, -0.2) is 0 Å². The summed E-state index contributed by atoms with van der Waals surface area (Å²) in [7, 11) is 0. The molecule has 0 aliphatic heterocycles. The molecular formula is C19H31Cl2NSiTi-4. The Labute approximate surface area is 181 Å². The molecule has 0 aliphatic rings. The van der Waals surface area contributed by atoms with E-state index in [0.717, 1.165) is 0 Å². The number of hydrogen-bond acceptors (Lipinski definition) is 0.